The van der Waals surface area contributed by atoms with Crippen molar-refractivity contribution in [2.45, 2.75) is 32.2 Å². The molecule has 114 valence electrons. The summed E-state index contributed by atoms with van der Waals surface area (Å²) >= 11 is 0. The average Bonchev–Trinajstić information content (AvgIpc) is 2.53. The molecular formula is C17H22O4. The Morgan fingerprint density at radius 3 is 2.71 bits per heavy atom. The molecule has 4 heteroatoms. The van der Waals surface area contributed by atoms with E-state index in [1.165, 1.54) is 7.11 Å². The lowest BCUT2D eigenvalue weighted by Crippen LogP contribution is -2.36. The highest BCUT2D eigenvalue weighted by Gasteiger charge is 2.28. The van der Waals surface area contributed by atoms with Crippen LogP contribution in [0.3, 0.4) is 0 Å². The molecule has 0 N–H and O–H groups in total. The van der Waals surface area contributed by atoms with Gasteiger partial charge >= 0.3 is 5.97 Å². The fourth-order valence-electron chi connectivity index (χ4n) is 2.30. The van der Waals surface area contributed by atoms with Gasteiger partial charge < -0.3 is 14.2 Å². The van der Waals surface area contributed by atoms with E-state index in [0.29, 0.717) is 13.2 Å². The van der Waals surface area contributed by atoms with E-state index in [2.05, 4.69) is 6.92 Å². The molecule has 0 aliphatic carbocycles. The molecule has 1 aliphatic rings. The maximum absolute atomic E-state index is 11.5. The molecule has 0 saturated heterocycles. The summed E-state index contributed by atoms with van der Waals surface area (Å²) in [5.41, 5.74) is 1.16. The largest absolute Gasteiger partial charge is 0.467 e. The van der Waals surface area contributed by atoms with E-state index in [1.807, 2.05) is 36.4 Å². The average molecular weight is 290 g/mol. The molecule has 21 heavy (non-hydrogen) atoms. The second kappa shape index (κ2) is 7.96. The Hall–Kier alpha value is -1.65. The number of benzene rings is 1. The van der Waals surface area contributed by atoms with Gasteiger partial charge in [0, 0.05) is 12.5 Å². The summed E-state index contributed by atoms with van der Waals surface area (Å²) in [5.74, 6) is -0.0837. The number of hydrogen-bond donors (Lipinski definition) is 0. The molecule has 0 unspecified atom stereocenters. The molecular weight excluding hydrogens is 268 g/mol. The van der Waals surface area contributed by atoms with Gasteiger partial charge in [-0.15, -0.1) is 0 Å². The van der Waals surface area contributed by atoms with E-state index in [4.69, 9.17) is 14.2 Å². The number of esters is 1. The Balaban J connectivity index is 1.75. The second-order valence-electron chi connectivity index (χ2n) is 5.19. The molecule has 1 aromatic carbocycles. The minimum atomic E-state index is -0.592. The van der Waals surface area contributed by atoms with Crippen molar-refractivity contribution in [1.29, 1.82) is 0 Å². The smallest absolute Gasteiger partial charge is 0.339 e. The third-order valence-corrected chi connectivity index (χ3v) is 3.59. The van der Waals surface area contributed by atoms with Gasteiger partial charge in [0.15, 0.2) is 6.10 Å². The van der Waals surface area contributed by atoms with Gasteiger partial charge in [-0.1, -0.05) is 43.3 Å². The third-order valence-electron chi connectivity index (χ3n) is 3.59. The fourth-order valence-corrected chi connectivity index (χ4v) is 2.30. The normalized spacial score (nSPS) is 24.8. The molecule has 0 spiro atoms. The number of carbonyl (C=O) groups is 1. The van der Waals surface area contributed by atoms with E-state index >= 15 is 0 Å². The molecule has 0 bridgehead atoms. The van der Waals surface area contributed by atoms with Crippen molar-refractivity contribution >= 4 is 5.97 Å². The Labute approximate surface area is 125 Å². The van der Waals surface area contributed by atoms with Crippen molar-refractivity contribution in [2.75, 3.05) is 13.7 Å². The predicted molar refractivity (Wildman–Crippen MR) is 79.7 cm³/mol. The highest BCUT2D eigenvalue weighted by atomic mass is 16.6. The van der Waals surface area contributed by atoms with E-state index in [-0.39, 0.29) is 18.0 Å². The van der Waals surface area contributed by atoms with Gasteiger partial charge in [0.1, 0.15) is 0 Å². The molecule has 1 heterocycles. The first-order valence-corrected chi connectivity index (χ1v) is 7.24. The van der Waals surface area contributed by atoms with Gasteiger partial charge in [-0.25, -0.2) is 4.79 Å². The van der Waals surface area contributed by atoms with Gasteiger partial charge in [-0.05, 0) is 18.1 Å². The monoisotopic (exact) mass is 290 g/mol. The number of ether oxygens (including phenoxy) is 3. The first kappa shape index (κ1) is 15.7. The minimum absolute atomic E-state index is 0.0186. The van der Waals surface area contributed by atoms with Crippen LogP contribution >= 0.6 is 0 Å². The lowest BCUT2D eigenvalue weighted by molar-refractivity contribution is -0.157. The van der Waals surface area contributed by atoms with E-state index in [9.17, 15) is 4.79 Å². The van der Waals surface area contributed by atoms with Crippen molar-refractivity contribution in [2.24, 2.45) is 5.92 Å². The SMILES string of the molecule is COC(=O)[C@@H]1C=C[C@@H](C)[C@@H](CCOCc2ccccc2)O1. The fraction of sp³-hybridized carbons (Fsp3) is 0.471. The van der Waals surface area contributed by atoms with Crippen molar-refractivity contribution < 1.29 is 19.0 Å². The minimum Gasteiger partial charge on any atom is -0.467 e. The molecule has 1 aliphatic heterocycles. The first-order chi connectivity index (χ1) is 10.2. The molecule has 0 amide bonds. The summed E-state index contributed by atoms with van der Waals surface area (Å²) in [6.45, 7) is 3.27. The lowest BCUT2D eigenvalue weighted by atomic mass is 9.98. The topological polar surface area (TPSA) is 44.8 Å². The maximum atomic E-state index is 11.5. The van der Waals surface area contributed by atoms with Crippen LogP contribution in [0.25, 0.3) is 0 Å². The highest BCUT2D eigenvalue weighted by molar-refractivity contribution is 5.76. The molecule has 4 nitrogen and oxygen atoms in total. The van der Waals surface area contributed by atoms with Crippen molar-refractivity contribution in [3.8, 4) is 0 Å². The van der Waals surface area contributed by atoms with Gasteiger partial charge in [-0.3, -0.25) is 0 Å². The zero-order chi connectivity index (χ0) is 15.1. The first-order valence-electron chi connectivity index (χ1n) is 7.24. The van der Waals surface area contributed by atoms with Crippen LogP contribution in [0, 0.1) is 5.92 Å². The standard InChI is InChI=1S/C17H22O4/c1-13-8-9-16(17(18)19-2)21-15(13)10-11-20-12-14-6-4-3-5-7-14/h3-9,13,15-16H,10-12H2,1-2H3/t13-,15-,16+/m1/s1. The van der Waals surface area contributed by atoms with Gasteiger partial charge in [0.05, 0.1) is 19.8 Å². The number of hydrogen-bond acceptors (Lipinski definition) is 4. The Morgan fingerprint density at radius 2 is 2.00 bits per heavy atom. The predicted octanol–water partition coefficient (Wildman–Crippen LogP) is 2.73. The van der Waals surface area contributed by atoms with Crippen LogP contribution in [0.2, 0.25) is 0 Å². The lowest BCUT2D eigenvalue weighted by Gasteiger charge is -2.29. The third kappa shape index (κ3) is 4.69. The summed E-state index contributed by atoms with van der Waals surface area (Å²) in [4.78, 5) is 11.5. The van der Waals surface area contributed by atoms with Gasteiger partial charge in [-0.2, -0.15) is 0 Å². The molecule has 0 fully saturated rings. The van der Waals surface area contributed by atoms with Crippen LogP contribution in [-0.4, -0.2) is 31.9 Å². The molecule has 3 atom stereocenters. The van der Waals surface area contributed by atoms with Crippen LogP contribution in [0.4, 0.5) is 0 Å². The van der Waals surface area contributed by atoms with Crippen LogP contribution in [0.15, 0.2) is 42.5 Å². The second-order valence-corrected chi connectivity index (χ2v) is 5.19. The van der Waals surface area contributed by atoms with E-state index in [0.717, 1.165) is 12.0 Å². The molecule has 2 rings (SSSR count). The summed E-state index contributed by atoms with van der Waals surface area (Å²) in [6, 6.07) is 10.1. The number of methoxy groups -OCH3 is 1. The maximum Gasteiger partial charge on any atom is 0.339 e. The van der Waals surface area contributed by atoms with Crippen molar-refractivity contribution in [3.63, 3.8) is 0 Å². The molecule has 0 saturated carbocycles. The van der Waals surface area contributed by atoms with Crippen LogP contribution < -0.4 is 0 Å². The molecule has 0 radical (unpaired) electrons. The zero-order valence-electron chi connectivity index (χ0n) is 12.5. The van der Waals surface area contributed by atoms with Crippen LogP contribution in [0.1, 0.15) is 18.9 Å². The van der Waals surface area contributed by atoms with Crippen molar-refractivity contribution in [1.82, 2.24) is 0 Å². The van der Waals surface area contributed by atoms with Gasteiger partial charge in [0.2, 0.25) is 0 Å². The highest BCUT2D eigenvalue weighted by Crippen LogP contribution is 2.22. The Bertz CT molecular complexity index is 469. The number of carbonyl (C=O) groups excluding carboxylic acids is 1. The zero-order valence-corrected chi connectivity index (χ0v) is 12.5. The quantitative estimate of drug-likeness (QED) is 0.459. The summed E-state index contributed by atoms with van der Waals surface area (Å²) < 4.78 is 16.1. The van der Waals surface area contributed by atoms with E-state index < -0.39 is 6.10 Å². The Morgan fingerprint density at radius 1 is 1.24 bits per heavy atom. The molecule has 1 aromatic rings. The van der Waals surface area contributed by atoms with Crippen molar-refractivity contribution in [3.05, 3.63) is 48.0 Å². The summed E-state index contributed by atoms with van der Waals surface area (Å²) in [7, 11) is 1.37. The summed E-state index contributed by atoms with van der Waals surface area (Å²) in [6.07, 6.45) is 3.91. The summed E-state index contributed by atoms with van der Waals surface area (Å²) in [5, 5.41) is 0. The number of rotatable bonds is 6. The molecule has 0 aromatic heterocycles. The Kier molecular flexibility index (Phi) is 5.96. The van der Waals surface area contributed by atoms with Gasteiger partial charge in [0.25, 0.3) is 0 Å². The van der Waals surface area contributed by atoms with Crippen LogP contribution in [-0.2, 0) is 25.6 Å². The van der Waals surface area contributed by atoms with Crippen LogP contribution in [0.5, 0.6) is 0 Å². The van der Waals surface area contributed by atoms with E-state index in [1.54, 1.807) is 6.08 Å².